The molecule has 0 atom stereocenters. The van der Waals surface area contributed by atoms with Crippen molar-refractivity contribution in [2.75, 3.05) is 0 Å². The zero-order chi connectivity index (χ0) is 71.5. The fraction of sp³-hybridized carbons (Fsp3) is 0.0612. The van der Waals surface area contributed by atoms with Gasteiger partial charge in [-0.3, -0.25) is 0 Å². The van der Waals surface area contributed by atoms with Gasteiger partial charge in [0.05, 0.1) is 78.1 Å². The summed E-state index contributed by atoms with van der Waals surface area (Å²) in [4.78, 5) is 20.9. The highest BCUT2D eigenvalue weighted by atomic mass is 16.7. The first-order chi connectivity index (χ1) is 52.5. The molecule has 0 saturated carbocycles. The molecule has 20 aromatic rings. The standard InChI is InChI=1S/C55H34N4.C43H35BN2O2/c1-2-12-35(13-3-1)47-32-30-38-28-29-39-31-33-48(57-55(39)54(38)56-47)36-24-26-37(27-25-36)53-46-20-11-19-42(52(46)45-18-4-7-21-49(45)58-53)40-14-10-15-41(34-40)59-50-22-8-5-16-43(50)44-17-6-9-23-51(44)59;1-42(2)43(3,4)48-44(47-42)30-25-23-28(24-26-30)41-36-19-12-18-32(40(36)35-17-5-8-20-37(35)45-41)29-13-11-14-31(27-29)46-38-21-9-6-15-33(38)34-16-7-10-22-39(34)46/h1-34H;5-27H,1-4H3. The average molecular weight is 1370 g/mol. The van der Waals surface area contributed by atoms with Crippen LogP contribution in [0.25, 0.3) is 187 Å². The fourth-order valence-electron chi connectivity index (χ4n) is 16.2. The molecule has 8 nitrogen and oxygen atoms in total. The van der Waals surface area contributed by atoms with Crippen molar-refractivity contribution in [1.29, 1.82) is 0 Å². The molecule has 107 heavy (non-hydrogen) atoms. The minimum atomic E-state index is -0.404. The van der Waals surface area contributed by atoms with Crippen molar-refractivity contribution in [2.45, 2.75) is 38.9 Å². The van der Waals surface area contributed by atoms with Gasteiger partial charge in [-0.15, -0.1) is 0 Å². The van der Waals surface area contributed by atoms with Gasteiger partial charge in [-0.05, 0) is 128 Å². The third-order valence-corrected chi connectivity index (χ3v) is 22.2. The molecule has 506 valence electrons. The second kappa shape index (κ2) is 25.3. The topological polar surface area (TPSA) is 79.9 Å². The van der Waals surface area contributed by atoms with E-state index in [0.29, 0.717) is 0 Å². The van der Waals surface area contributed by atoms with Crippen LogP contribution in [-0.2, 0) is 9.31 Å². The lowest BCUT2D eigenvalue weighted by Crippen LogP contribution is -2.41. The van der Waals surface area contributed by atoms with E-state index < -0.39 is 7.12 Å². The van der Waals surface area contributed by atoms with Crippen LogP contribution in [0, 0.1) is 0 Å². The summed E-state index contributed by atoms with van der Waals surface area (Å²) in [6.45, 7) is 8.34. The maximum absolute atomic E-state index is 6.33. The average Bonchev–Trinajstić information content (AvgIpc) is 1.60. The molecule has 0 bridgehead atoms. The quantitative estimate of drug-likeness (QED) is 0.106. The predicted octanol–water partition coefficient (Wildman–Crippen LogP) is 24.4. The number of hydrogen-bond donors (Lipinski definition) is 0. The van der Waals surface area contributed by atoms with Crippen LogP contribution in [0.1, 0.15) is 27.7 Å². The first-order valence-electron chi connectivity index (χ1n) is 36.7. The van der Waals surface area contributed by atoms with Gasteiger partial charge in [0, 0.05) is 98.3 Å². The molecule has 0 amide bonds. The maximum atomic E-state index is 6.33. The summed E-state index contributed by atoms with van der Waals surface area (Å²) >= 11 is 0. The molecule has 21 rings (SSSR count). The third kappa shape index (κ3) is 10.8. The normalized spacial score (nSPS) is 13.5. The lowest BCUT2D eigenvalue weighted by molar-refractivity contribution is 0.00578. The molecule has 0 unspecified atom stereocenters. The summed E-state index contributed by atoms with van der Waals surface area (Å²) in [7, 11) is -0.404. The molecule has 0 N–H and O–H groups in total. The molecule has 14 aromatic carbocycles. The van der Waals surface area contributed by atoms with Gasteiger partial charge in [-0.25, -0.2) is 19.9 Å². The van der Waals surface area contributed by atoms with Crippen molar-refractivity contribution in [1.82, 2.24) is 29.1 Å². The summed E-state index contributed by atoms with van der Waals surface area (Å²) in [6.07, 6.45) is 0. The first kappa shape index (κ1) is 63.5. The highest BCUT2D eigenvalue weighted by Crippen LogP contribution is 2.44. The molecule has 9 heteroatoms. The number of para-hydroxylation sites is 6. The second-order valence-corrected chi connectivity index (χ2v) is 29.0. The van der Waals surface area contributed by atoms with Gasteiger partial charge in [0.25, 0.3) is 0 Å². The van der Waals surface area contributed by atoms with Crippen molar-refractivity contribution in [3.63, 3.8) is 0 Å². The van der Waals surface area contributed by atoms with Gasteiger partial charge in [0.2, 0.25) is 0 Å². The van der Waals surface area contributed by atoms with Gasteiger partial charge in [0.15, 0.2) is 0 Å². The van der Waals surface area contributed by atoms with Gasteiger partial charge in [0.1, 0.15) is 0 Å². The van der Waals surface area contributed by atoms with Gasteiger partial charge in [-0.2, -0.15) is 0 Å². The third-order valence-electron chi connectivity index (χ3n) is 22.2. The summed E-state index contributed by atoms with van der Waals surface area (Å²) in [5.41, 5.74) is 23.8. The Bertz CT molecular complexity index is 6840. The van der Waals surface area contributed by atoms with E-state index in [4.69, 9.17) is 29.2 Å². The van der Waals surface area contributed by atoms with Crippen molar-refractivity contribution in [3.8, 4) is 78.7 Å². The maximum Gasteiger partial charge on any atom is 0.494 e. The van der Waals surface area contributed by atoms with E-state index in [1.807, 2.05) is 18.2 Å². The Morgan fingerprint density at radius 2 is 0.607 bits per heavy atom. The van der Waals surface area contributed by atoms with E-state index in [9.17, 15) is 0 Å². The molecular weight excluding hydrogens is 1300 g/mol. The van der Waals surface area contributed by atoms with E-state index in [2.05, 4.69) is 364 Å². The van der Waals surface area contributed by atoms with E-state index in [1.54, 1.807) is 0 Å². The van der Waals surface area contributed by atoms with Crippen LogP contribution in [0.15, 0.2) is 346 Å². The van der Waals surface area contributed by atoms with E-state index in [1.165, 1.54) is 71.1 Å². The number of rotatable bonds is 9. The summed E-state index contributed by atoms with van der Waals surface area (Å²) in [5, 5.41) is 14.1. The summed E-state index contributed by atoms with van der Waals surface area (Å²) in [5.74, 6) is 0. The Kier molecular flexibility index (Phi) is 15.0. The van der Waals surface area contributed by atoms with E-state index >= 15 is 0 Å². The van der Waals surface area contributed by atoms with E-state index in [0.717, 1.165) is 122 Å². The van der Waals surface area contributed by atoms with Gasteiger partial charge >= 0.3 is 7.12 Å². The van der Waals surface area contributed by atoms with Crippen molar-refractivity contribution in [2.24, 2.45) is 0 Å². The molecule has 6 aromatic heterocycles. The zero-order valence-electron chi connectivity index (χ0n) is 59.5. The van der Waals surface area contributed by atoms with E-state index in [-0.39, 0.29) is 11.2 Å². The van der Waals surface area contributed by atoms with Crippen LogP contribution in [-0.4, -0.2) is 47.4 Å². The number of aromatic nitrogens is 6. The lowest BCUT2D eigenvalue weighted by atomic mass is 9.78. The first-order valence-corrected chi connectivity index (χ1v) is 36.7. The fourth-order valence-corrected chi connectivity index (χ4v) is 16.2. The Balaban J connectivity index is 0.000000144. The molecule has 0 spiro atoms. The Morgan fingerprint density at radius 1 is 0.271 bits per heavy atom. The number of nitrogens with zero attached hydrogens (tertiary/aromatic N) is 6. The van der Waals surface area contributed by atoms with Crippen LogP contribution < -0.4 is 5.46 Å². The van der Waals surface area contributed by atoms with Gasteiger partial charge in [-0.1, -0.05) is 273 Å². The van der Waals surface area contributed by atoms with Gasteiger partial charge < -0.3 is 18.4 Å². The summed E-state index contributed by atoms with van der Waals surface area (Å²) < 4.78 is 17.4. The smallest absolute Gasteiger partial charge is 0.399 e. The number of hydrogen-bond acceptors (Lipinski definition) is 6. The summed E-state index contributed by atoms with van der Waals surface area (Å²) in [6, 6.07) is 123. The molecule has 1 saturated heterocycles. The van der Waals surface area contributed by atoms with Crippen LogP contribution in [0.3, 0.4) is 0 Å². The van der Waals surface area contributed by atoms with Crippen LogP contribution in [0.4, 0.5) is 0 Å². The van der Waals surface area contributed by atoms with Crippen LogP contribution >= 0.6 is 0 Å². The zero-order valence-corrected chi connectivity index (χ0v) is 59.5. The Labute approximate surface area is 619 Å². The number of benzene rings is 14. The predicted molar refractivity (Wildman–Crippen MR) is 446 cm³/mol. The molecule has 0 aliphatic carbocycles. The van der Waals surface area contributed by atoms with Crippen molar-refractivity contribution >= 4 is 121 Å². The lowest BCUT2D eigenvalue weighted by Gasteiger charge is -2.32. The molecule has 7 heterocycles. The monoisotopic (exact) mass is 1370 g/mol. The van der Waals surface area contributed by atoms with Crippen molar-refractivity contribution < 1.29 is 9.31 Å². The molecule has 1 aliphatic rings. The number of pyridine rings is 4. The SMILES string of the molecule is CC1(C)OB(c2ccc(-c3nc4ccccc4c4c(-c5cccc(-n6c7ccccc7c7ccccc76)c5)cccc34)cc2)OC1(C)C.c1ccc(-c2ccc3ccc4ccc(-c5ccc(-c6nc7ccccc7c7c(-c8cccc(-n9c%10ccccc%10c%10ccccc%109)c8)cccc67)cc5)nc4c3n2)cc1. The largest absolute Gasteiger partial charge is 0.494 e. The number of fused-ring (bicyclic) bond motifs is 15. The van der Waals surface area contributed by atoms with Crippen LogP contribution in [0.5, 0.6) is 0 Å². The Hall–Kier alpha value is -13.2. The molecular formula is C98H69BN6O2. The Morgan fingerprint density at radius 3 is 1.05 bits per heavy atom. The second-order valence-electron chi connectivity index (χ2n) is 29.0. The minimum Gasteiger partial charge on any atom is -0.399 e. The highest BCUT2D eigenvalue weighted by molar-refractivity contribution is 6.62. The minimum absolute atomic E-state index is 0.387. The molecule has 1 fully saturated rings. The molecule has 1 aliphatic heterocycles. The van der Waals surface area contributed by atoms with Crippen LogP contribution in [0.2, 0.25) is 0 Å². The molecule has 0 radical (unpaired) electrons. The highest BCUT2D eigenvalue weighted by Gasteiger charge is 2.51. The van der Waals surface area contributed by atoms with Crippen molar-refractivity contribution in [3.05, 3.63) is 346 Å².